The number of carbonyl (C=O) groups is 5. The van der Waals surface area contributed by atoms with E-state index in [1.54, 1.807) is 53.7 Å². The second-order valence-electron chi connectivity index (χ2n) is 19.9. The van der Waals surface area contributed by atoms with Crippen LogP contribution in [0.15, 0.2) is 46.1 Å². The first-order valence-corrected chi connectivity index (χ1v) is 24.5. The zero-order valence-electron chi connectivity index (χ0n) is 42.7. The van der Waals surface area contributed by atoms with Crippen LogP contribution in [-0.2, 0) is 38.1 Å². The molecule has 1 spiro atoms. The molecule has 0 aliphatic carbocycles. The van der Waals surface area contributed by atoms with E-state index in [0.717, 1.165) is 6.54 Å². The van der Waals surface area contributed by atoms with E-state index < -0.39 is 107 Å². The SMILES string of the molecule is CCOC(=O)CCNC(=O)CC(=O)O[C@H]1[C@H](C)[C@H](O)[C@H](C)[C@@H](O)[C@@H](C)/C=C/C=C(/C)C(=O)Nc2c(O)c3c(O)c(C)c4c(c3c3c2=NC2(CCN(CC(C)C)CC2)N=3)C(=O)[C@@](C)(O/C=C/[C@H](OC)[C@H]1C)O4. The number of rotatable bonds is 10. The molecule has 6 N–H and O–H groups in total. The first kappa shape index (κ1) is 54.4. The number of likely N-dealkylation sites (tertiary alicyclic amines) is 1. The Hall–Kier alpha value is -5.89. The highest BCUT2D eigenvalue weighted by Gasteiger charge is 2.50. The highest BCUT2D eigenvalue weighted by atomic mass is 16.7. The van der Waals surface area contributed by atoms with Gasteiger partial charge in [0.1, 0.15) is 35.1 Å². The second kappa shape index (κ2) is 22.3. The number of piperidine rings is 1. The normalized spacial score (nSPS) is 29.5. The number of nitrogens with zero attached hydrogens (tertiary/aromatic N) is 3. The van der Waals surface area contributed by atoms with Crippen LogP contribution in [0.4, 0.5) is 5.69 Å². The van der Waals surface area contributed by atoms with Crippen LogP contribution in [0.3, 0.4) is 0 Å². The number of hydrogen-bond donors (Lipinski definition) is 6. The molecule has 1 fully saturated rings. The molecule has 2 aromatic rings. The van der Waals surface area contributed by atoms with Crippen LogP contribution in [0.25, 0.3) is 10.8 Å². The molecule has 7 rings (SSSR count). The number of phenolic OH excluding ortho intramolecular Hbond substituents is 2. The summed E-state index contributed by atoms with van der Waals surface area (Å²) in [6.45, 7) is 19.5. The Balaban J connectivity index is 1.44. The largest absolute Gasteiger partial charge is 0.507 e. The van der Waals surface area contributed by atoms with Gasteiger partial charge >= 0.3 is 17.7 Å². The summed E-state index contributed by atoms with van der Waals surface area (Å²) >= 11 is 0. The van der Waals surface area contributed by atoms with E-state index in [9.17, 15) is 44.4 Å². The molecule has 0 saturated carbocycles. The summed E-state index contributed by atoms with van der Waals surface area (Å²) in [5.74, 6) is -8.99. The minimum Gasteiger partial charge on any atom is -0.507 e. The van der Waals surface area contributed by atoms with Crippen molar-refractivity contribution in [1.82, 2.24) is 10.2 Å². The van der Waals surface area contributed by atoms with Crippen LogP contribution in [0, 0.1) is 36.5 Å². The first-order valence-electron chi connectivity index (χ1n) is 24.5. The van der Waals surface area contributed by atoms with Gasteiger partial charge in [-0.15, -0.1) is 0 Å². The second-order valence-corrected chi connectivity index (χ2v) is 19.9. The van der Waals surface area contributed by atoms with Crippen molar-refractivity contribution in [3.05, 3.63) is 58.0 Å². The Bertz CT molecular complexity index is 2620. The summed E-state index contributed by atoms with van der Waals surface area (Å²) in [5.41, 5.74) is -0.781. The number of methoxy groups -OCH3 is 1. The minimum atomic E-state index is -2.04. The molecule has 1 saturated heterocycles. The lowest BCUT2D eigenvalue weighted by atomic mass is 9.78. The van der Waals surface area contributed by atoms with Crippen molar-refractivity contribution in [3.8, 4) is 17.2 Å². The molecule has 71 heavy (non-hydrogen) atoms. The summed E-state index contributed by atoms with van der Waals surface area (Å²) < 4.78 is 29.2. The van der Waals surface area contributed by atoms with Crippen molar-refractivity contribution in [2.45, 2.75) is 131 Å². The van der Waals surface area contributed by atoms with Crippen molar-refractivity contribution in [3.63, 3.8) is 0 Å². The number of ketones is 1. The fourth-order valence-corrected chi connectivity index (χ4v) is 9.93. The molecule has 19 nitrogen and oxygen atoms in total. The molecule has 2 aromatic carbocycles. The zero-order chi connectivity index (χ0) is 52.3. The number of phenols is 2. The van der Waals surface area contributed by atoms with Gasteiger partial charge in [-0.05, 0) is 32.8 Å². The van der Waals surface area contributed by atoms with E-state index >= 15 is 0 Å². The number of aromatic hydroxyl groups is 2. The van der Waals surface area contributed by atoms with Gasteiger partial charge in [-0.3, -0.25) is 34.0 Å². The van der Waals surface area contributed by atoms with Crippen molar-refractivity contribution in [1.29, 1.82) is 0 Å². The van der Waals surface area contributed by atoms with Gasteiger partial charge in [0.05, 0.1) is 53.9 Å². The van der Waals surface area contributed by atoms with E-state index in [4.69, 9.17) is 33.7 Å². The maximum atomic E-state index is 14.9. The summed E-state index contributed by atoms with van der Waals surface area (Å²) in [7, 11) is 1.40. The number of fused-ring (bicyclic) bond motifs is 13. The Labute approximate surface area is 414 Å². The summed E-state index contributed by atoms with van der Waals surface area (Å²) in [6.07, 6.45) is 3.19. The maximum absolute atomic E-state index is 14.9. The minimum absolute atomic E-state index is 0.00446. The van der Waals surface area contributed by atoms with Crippen LogP contribution in [0.2, 0.25) is 0 Å². The van der Waals surface area contributed by atoms with Gasteiger partial charge in [-0.2, -0.15) is 0 Å². The van der Waals surface area contributed by atoms with Crippen LogP contribution >= 0.6 is 0 Å². The quantitative estimate of drug-likeness (QED) is 0.111. The van der Waals surface area contributed by atoms with Gasteiger partial charge in [0.25, 0.3) is 11.7 Å². The molecule has 5 aliphatic heterocycles. The average molecular weight is 990 g/mol. The lowest BCUT2D eigenvalue weighted by Gasteiger charge is -2.38. The zero-order valence-corrected chi connectivity index (χ0v) is 42.7. The predicted molar refractivity (Wildman–Crippen MR) is 261 cm³/mol. The van der Waals surface area contributed by atoms with E-state index in [0.29, 0.717) is 31.8 Å². The van der Waals surface area contributed by atoms with Gasteiger partial charge in [-0.1, -0.05) is 59.8 Å². The molecule has 5 heterocycles. The van der Waals surface area contributed by atoms with Crippen LogP contribution in [0.1, 0.15) is 104 Å². The highest BCUT2D eigenvalue weighted by molar-refractivity contribution is 6.19. The number of aliphatic hydroxyl groups is 2. The molecule has 388 valence electrons. The van der Waals surface area contributed by atoms with Crippen LogP contribution in [-0.4, -0.2) is 131 Å². The van der Waals surface area contributed by atoms with Gasteiger partial charge in [0.15, 0.2) is 11.4 Å². The Morgan fingerprint density at radius 1 is 0.944 bits per heavy atom. The number of nitrogens with one attached hydrogen (secondary N) is 2. The van der Waals surface area contributed by atoms with Crippen molar-refractivity contribution >= 4 is 46.0 Å². The van der Waals surface area contributed by atoms with E-state index in [1.165, 1.54) is 39.4 Å². The summed E-state index contributed by atoms with van der Waals surface area (Å²) in [6, 6.07) is 0. The molecule has 2 amide bonds. The number of amides is 2. The van der Waals surface area contributed by atoms with E-state index in [2.05, 4.69) is 29.4 Å². The topological polar surface area (TPSA) is 264 Å². The molecule has 5 aliphatic rings. The van der Waals surface area contributed by atoms with Crippen LogP contribution < -0.4 is 26.1 Å². The molecule has 0 aromatic heterocycles. The van der Waals surface area contributed by atoms with E-state index in [-0.39, 0.29) is 69.2 Å². The fraction of sp³-hybridized carbons (Fsp3) is 0.596. The average Bonchev–Trinajstić information content (AvgIpc) is 3.82. The number of hydrogen-bond acceptors (Lipinski definition) is 17. The van der Waals surface area contributed by atoms with Gasteiger partial charge < -0.3 is 59.6 Å². The van der Waals surface area contributed by atoms with Crippen molar-refractivity contribution in [2.75, 3.05) is 45.2 Å². The Morgan fingerprint density at radius 3 is 2.27 bits per heavy atom. The molecule has 0 radical (unpaired) electrons. The molecule has 0 unspecified atom stereocenters. The Morgan fingerprint density at radius 2 is 1.62 bits per heavy atom. The molecule has 19 heteroatoms. The number of allylic oxidation sites excluding steroid dienone is 2. The lowest BCUT2D eigenvalue weighted by molar-refractivity contribution is -0.164. The van der Waals surface area contributed by atoms with Crippen LogP contribution in [0.5, 0.6) is 17.2 Å². The number of anilines is 1. The first-order chi connectivity index (χ1) is 33.5. The predicted octanol–water partition coefficient (Wildman–Crippen LogP) is 4.19. The Kier molecular flexibility index (Phi) is 17.1. The number of esters is 2. The molecule has 9 atom stereocenters. The van der Waals surface area contributed by atoms with Gasteiger partial charge in [-0.25, -0.2) is 0 Å². The highest BCUT2D eigenvalue weighted by Crippen LogP contribution is 2.50. The third kappa shape index (κ3) is 11.4. The molecular formula is C52H71N5O14. The van der Waals surface area contributed by atoms with Gasteiger partial charge in [0.2, 0.25) is 5.91 Å². The molecular weight excluding hydrogens is 919 g/mol. The number of carbonyl (C=O) groups excluding carboxylic acids is 5. The number of benzene rings is 2. The lowest BCUT2D eigenvalue weighted by Crippen LogP contribution is -2.47. The molecule has 5 bridgehead atoms. The van der Waals surface area contributed by atoms with Crippen molar-refractivity contribution < 1.29 is 68.1 Å². The van der Waals surface area contributed by atoms with Gasteiger partial charge in [0, 0.05) is 93.2 Å². The fourth-order valence-electron chi connectivity index (χ4n) is 9.93. The smallest absolute Gasteiger partial charge is 0.315 e. The standard InChI is InChI=1S/C52H71N5O14/c1-12-68-35(59)16-20-53-34(58)24-36(60)70-47-29(6)33(67-11)17-23-69-51(10)49(65)39-37-38(45(63)32(9)48(39)71-51)46(64)42(41-40(37)55-52(56-41)18-21-57(22-19-52)25-26(2)3)54-50(66)28(5)15-13-14-27(4)43(61)30(7)44(62)31(47)8/h13-15,17,23,26-27,29-31,33,43-44,47,61-64H,12,16,18-22,24-25H2,1-11H3,(H,53,58)(H,54,66)/b14-13+,23-17+,28-15-/t27-,29+,30+,31+,33-,43-,44+,47+,51-/m0/s1. The summed E-state index contributed by atoms with van der Waals surface area (Å²) in [5, 5.41) is 53.1. The third-order valence-electron chi connectivity index (χ3n) is 14.1. The number of ether oxygens (including phenoxy) is 5. The van der Waals surface area contributed by atoms with E-state index in [1.807, 2.05) is 0 Å². The number of Topliss-reactive ketones (excluding diaryl/α,β-unsaturated/α-hetero) is 1. The summed E-state index contributed by atoms with van der Waals surface area (Å²) in [4.78, 5) is 79.5. The monoisotopic (exact) mass is 989 g/mol. The maximum Gasteiger partial charge on any atom is 0.315 e. The number of aliphatic hydroxyl groups excluding tert-OH is 2. The third-order valence-corrected chi connectivity index (χ3v) is 14.1. The van der Waals surface area contributed by atoms with Crippen molar-refractivity contribution in [2.24, 2.45) is 39.6 Å².